The topological polar surface area (TPSA) is 57.5 Å². The van der Waals surface area contributed by atoms with Gasteiger partial charge in [-0.05, 0) is 43.5 Å². The number of urea groups is 1. The Morgan fingerprint density at radius 1 is 1.14 bits per heavy atom. The van der Waals surface area contributed by atoms with Gasteiger partial charge in [0.05, 0.1) is 30.0 Å². The minimum Gasteiger partial charge on any atom is -0.369 e. The van der Waals surface area contributed by atoms with Crippen LogP contribution in [0.15, 0.2) is 36.5 Å². The van der Waals surface area contributed by atoms with E-state index in [0.717, 1.165) is 23.3 Å². The Bertz CT molecular complexity index is 1310. The number of hydrogen-bond acceptors (Lipinski definition) is 4. The zero-order valence-corrected chi connectivity index (χ0v) is 21.0. The second kappa shape index (κ2) is 9.51. The summed E-state index contributed by atoms with van der Waals surface area (Å²) in [4.78, 5) is 22.5. The number of alkyl halides is 3. The molecule has 37 heavy (non-hydrogen) atoms. The summed E-state index contributed by atoms with van der Waals surface area (Å²) in [6.07, 6.45) is -1.72. The van der Waals surface area contributed by atoms with Gasteiger partial charge in [0.1, 0.15) is 11.0 Å². The lowest BCUT2D eigenvalue weighted by Crippen LogP contribution is -2.54. The lowest BCUT2D eigenvalue weighted by atomic mass is 10.00. The molecule has 0 unspecified atom stereocenters. The average molecular weight is 537 g/mol. The molecule has 1 fully saturated rings. The maximum atomic E-state index is 14.5. The number of aryl methyl sites for hydroxylation is 2. The number of amides is 2. The van der Waals surface area contributed by atoms with Crippen molar-refractivity contribution in [2.45, 2.75) is 45.1 Å². The van der Waals surface area contributed by atoms with Crippen LogP contribution >= 0.6 is 11.6 Å². The van der Waals surface area contributed by atoms with E-state index in [1.165, 1.54) is 15.6 Å². The molecule has 0 radical (unpaired) electrons. The summed E-state index contributed by atoms with van der Waals surface area (Å²) in [7, 11) is 1.69. The zero-order chi connectivity index (χ0) is 26.5. The molecule has 2 aliphatic heterocycles. The monoisotopic (exact) mass is 536 g/mol. The first-order valence-electron chi connectivity index (χ1n) is 11.9. The van der Waals surface area contributed by atoms with Crippen molar-refractivity contribution in [2.75, 3.05) is 22.9 Å². The van der Waals surface area contributed by atoms with Crippen molar-refractivity contribution in [2.24, 2.45) is 7.05 Å². The summed E-state index contributed by atoms with van der Waals surface area (Å²) in [5.74, 6) is 0.0197. The molecule has 2 aliphatic rings. The molecule has 7 nitrogen and oxygen atoms in total. The fraction of sp³-hybridized carbons (Fsp3) is 0.400. The standard InChI is InChI=1S/C25H25ClF4N6O/c1-15-4-3-5-19(27)22(15)34-10-8-17(9-11-34)35-13-16-12-33(2)32-23(16)36(24(35)37)14-20-18(25(28,29)30)6-7-21(26)31-20/h3-7,12,17H,8-11,13-14H2,1-2H3. The van der Waals surface area contributed by atoms with Crippen LogP contribution < -0.4 is 9.80 Å². The highest BCUT2D eigenvalue weighted by atomic mass is 35.5. The number of piperidine rings is 1. The normalized spacial score (nSPS) is 16.9. The van der Waals surface area contributed by atoms with Crippen molar-refractivity contribution in [1.29, 1.82) is 0 Å². The van der Waals surface area contributed by atoms with Crippen molar-refractivity contribution >= 4 is 29.1 Å². The number of hydrogen-bond donors (Lipinski definition) is 0. The van der Waals surface area contributed by atoms with Crippen molar-refractivity contribution in [3.63, 3.8) is 0 Å². The highest BCUT2D eigenvalue weighted by Crippen LogP contribution is 2.36. The summed E-state index contributed by atoms with van der Waals surface area (Å²) in [6.45, 7) is 2.81. The first-order chi connectivity index (χ1) is 17.5. The van der Waals surface area contributed by atoms with E-state index in [2.05, 4.69) is 10.1 Å². The fourth-order valence-corrected chi connectivity index (χ4v) is 5.38. The minimum atomic E-state index is -4.66. The van der Waals surface area contributed by atoms with E-state index < -0.39 is 24.3 Å². The number of para-hydroxylation sites is 1. The summed E-state index contributed by atoms with van der Waals surface area (Å²) in [5.41, 5.74) is 0.830. The van der Waals surface area contributed by atoms with Crippen LogP contribution in [-0.4, -0.2) is 44.8 Å². The Kier molecular flexibility index (Phi) is 6.51. The Morgan fingerprint density at radius 3 is 2.54 bits per heavy atom. The fourth-order valence-electron chi connectivity index (χ4n) is 5.22. The zero-order valence-electron chi connectivity index (χ0n) is 20.3. The van der Waals surface area contributed by atoms with Gasteiger partial charge in [-0.25, -0.2) is 14.2 Å². The van der Waals surface area contributed by atoms with E-state index in [1.807, 2.05) is 17.9 Å². The lowest BCUT2D eigenvalue weighted by molar-refractivity contribution is -0.138. The smallest absolute Gasteiger partial charge is 0.369 e. The van der Waals surface area contributed by atoms with E-state index in [-0.39, 0.29) is 29.3 Å². The second-order valence-electron chi connectivity index (χ2n) is 9.40. The first kappa shape index (κ1) is 25.3. The van der Waals surface area contributed by atoms with Crippen LogP contribution in [0.1, 0.15) is 35.2 Å². The second-order valence-corrected chi connectivity index (χ2v) is 9.79. The largest absolute Gasteiger partial charge is 0.418 e. The summed E-state index contributed by atoms with van der Waals surface area (Å²) >= 11 is 5.92. The van der Waals surface area contributed by atoms with Gasteiger partial charge in [-0.1, -0.05) is 23.7 Å². The highest BCUT2D eigenvalue weighted by Gasteiger charge is 2.40. The number of pyridine rings is 1. The predicted molar refractivity (Wildman–Crippen MR) is 131 cm³/mol. The van der Waals surface area contributed by atoms with Gasteiger partial charge in [0, 0.05) is 37.9 Å². The molecule has 1 aromatic carbocycles. The van der Waals surface area contributed by atoms with Gasteiger partial charge < -0.3 is 9.80 Å². The van der Waals surface area contributed by atoms with Crippen molar-refractivity contribution in [3.05, 3.63) is 69.9 Å². The Morgan fingerprint density at radius 2 is 1.86 bits per heavy atom. The van der Waals surface area contributed by atoms with E-state index in [4.69, 9.17) is 11.6 Å². The van der Waals surface area contributed by atoms with E-state index >= 15 is 0 Å². The number of rotatable bonds is 4. The first-order valence-corrected chi connectivity index (χ1v) is 12.2. The van der Waals surface area contributed by atoms with Gasteiger partial charge in [0.25, 0.3) is 0 Å². The molecule has 0 spiro atoms. The third kappa shape index (κ3) is 4.84. The molecule has 0 N–H and O–H groups in total. The molecule has 5 rings (SSSR count). The number of fused-ring (bicyclic) bond motifs is 1. The van der Waals surface area contributed by atoms with E-state index in [9.17, 15) is 22.4 Å². The Hall–Kier alpha value is -3.34. The maximum Gasteiger partial charge on any atom is 0.418 e. The summed E-state index contributed by atoms with van der Waals surface area (Å²) in [6, 6.07) is 6.31. The van der Waals surface area contributed by atoms with Gasteiger partial charge in [-0.15, -0.1) is 0 Å². The van der Waals surface area contributed by atoms with E-state index in [1.54, 1.807) is 24.2 Å². The van der Waals surface area contributed by atoms with Crippen molar-refractivity contribution < 1.29 is 22.4 Å². The number of carbonyl (C=O) groups excluding carboxylic acids is 1. The molecule has 4 heterocycles. The summed E-state index contributed by atoms with van der Waals surface area (Å²) in [5, 5.41) is 4.25. The minimum absolute atomic E-state index is 0.0960. The quantitative estimate of drug-likeness (QED) is 0.324. The van der Waals surface area contributed by atoms with Gasteiger partial charge >= 0.3 is 12.2 Å². The lowest BCUT2D eigenvalue weighted by Gasteiger charge is -2.43. The number of nitrogens with zero attached hydrogens (tertiary/aromatic N) is 6. The number of aromatic nitrogens is 3. The maximum absolute atomic E-state index is 14.5. The molecule has 196 valence electrons. The summed E-state index contributed by atoms with van der Waals surface area (Å²) < 4.78 is 57.1. The number of benzene rings is 1. The van der Waals surface area contributed by atoms with Gasteiger partial charge in [0.2, 0.25) is 0 Å². The number of halogens is 5. The SMILES string of the molecule is Cc1cccc(F)c1N1CCC(N2Cc3cn(C)nc3N(Cc3nc(Cl)ccc3C(F)(F)F)C2=O)CC1. The van der Waals surface area contributed by atoms with Crippen LogP contribution in [0.25, 0.3) is 0 Å². The van der Waals surface area contributed by atoms with Crippen LogP contribution in [0.5, 0.6) is 0 Å². The molecular formula is C25H25ClF4N6O. The van der Waals surface area contributed by atoms with E-state index in [0.29, 0.717) is 37.4 Å². The van der Waals surface area contributed by atoms with Crippen molar-refractivity contribution in [3.8, 4) is 0 Å². The molecule has 1 saturated heterocycles. The van der Waals surface area contributed by atoms with Crippen LogP contribution in [0.3, 0.4) is 0 Å². The molecule has 3 aromatic rings. The molecule has 0 atom stereocenters. The number of anilines is 2. The molecular weight excluding hydrogens is 512 g/mol. The predicted octanol–water partition coefficient (Wildman–Crippen LogP) is 5.55. The van der Waals surface area contributed by atoms with Gasteiger partial charge in [0.15, 0.2) is 5.82 Å². The van der Waals surface area contributed by atoms with Gasteiger partial charge in [-0.3, -0.25) is 9.58 Å². The molecule has 2 aromatic heterocycles. The number of carbonyl (C=O) groups is 1. The molecule has 2 amide bonds. The van der Waals surface area contributed by atoms with Crippen LogP contribution in [-0.2, 0) is 26.3 Å². The molecule has 0 aliphatic carbocycles. The Balaban J connectivity index is 1.41. The third-order valence-electron chi connectivity index (χ3n) is 6.92. The molecule has 12 heteroatoms. The molecule has 0 saturated carbocycles. The third-order valence-corrected chi connectivity index (χ3v) is 7.13. The highest BCUT2D eigenvalue weighted by molar-refractivity contribution is 6.29. The van der Waals surface area contributed by atoms with Gasteiger partial charge in [-0.2, -0.15) is 18.3 Å². The molecule has 0 bridgehead atoms. The van der Waals surface area contributed by atoms with Crippen LogP contribution in [0, 0.1) is 12.7 Å². The van der Waals surface area contributed by atoms with Crippen LogP contribution in [0.2, 0.25) is 5.15 Å². The Labute approximate surface area is 216 Å². The average Bonchev–Trinajstić information content (AvgIpc) is 3.20. The van der Waals surface area contributed by atoms with Crippen LogP contribution in [0.4, 0.5) is 33.9 Å². The van der Waals surface area contributed by atoms with Crippen molar-refractivity contribution in [1.82, 2.24) is 19.7 Å².